The smallest absolute Gasteiger partial charge is 0.323 e. The first-order valence-electron chi connectivity index (χ1n) is 9.12. The van der Waals surface area contributed by atoms with Crippen LogP contribution in [-0.4, -0.2) is 55.4 Å². The molecule has 0 radical (unpaired) electrons. The summed E-state index contributed by atoms with van der Waals surface area (Å²) >= 11 is 0. The van der Waals surface area contributed by atoms with E-state index in [9.17, 15) is 4.79 Å². The van der Waals surface area contributed by atoms with Gasteiger partial charge in [0.25, 0.3) is 0 Å². The summed E-state index contributed by atoms with van der Waals surface area (Å²) in [6, 6.07) is 1.56. The van der Waals surface area contributed by atoms with Crippen LogP contribution in [0.1, 0.15) is 44.0 Å². The number of aryl methyl sites for hydroxylation is 1. The second-order valence-corrected chi connectivity index (χ2v) is 6.32. The zero-order chi connectivity index (χ0) is 18.1. The van der Waals surface area contributed by atoms with Crippen molar-refractivity contribution in [3.63, 3.8) is 0 Å². The number of esters is 1. The van der Waals surface area contributed by atoms with Crippen LogP contribution in [0.2, 0.25) is 0 Å². The third-order valence-corrected chi connectivity index (χ3v) is 4.25. The summed E-state index contributed by atoms with van der Waals surface area (Å²) in [5.41, 5.74) is 1.83. The molecule has 2 heterocycles. The topological polar surface area (TPSA) is 76.6 Å². The molecule has 1 aliphatic rings. The van der Waals surface area contributed by atoms with Crippen molar-refractivity contribution in [2.24, 2.45) is 0 Å². The summed E-state index contributed by atoms with van der Waals surface area (Å²) < 4.78 is 10.2. The maximum atomic E-state index is 12.1. The number of nitrogens with one attached hydrogen (secondary N) is 1. The van der Waals surface area contributed by atoms with Crippen LogP contribution in [0, 0.1) is 6.92 Å². The highest BCUT2D eigenvalue weighted by Gasteiger charge is 2.20. The van der Waals surface area contributed by atoms with Crippen LogP contribution in [0.3, 0.4) is 0 Å². The molecule has 0 aromatic carbocycles. The van der Waals surface area contributed by atoms with Crippen molar-refractivity contribution in [3.8, 4) is 0 Å². The Hall–Kier alpha value is -1.73. The molecule has 0 spiro atoms. The molecule has 2 rings (SSSR count). The largest absolute Gasteiger partial charge is 0.465 e. The van der Waals surface area contributed by atoms with E-state index in [2.05, 4.69) is 20.2 Å². The van der Waals surface area contributed by atoms with Gasteiger partial charge < -0.3 is 14.4 Å². The Morgan fingerprint density at radius 2 is 2.08 bits per heavy atom. The summed E-state index contributed by atoms with van der Waals surface area (Å²) in [5, 5.41) is 3.25. The van der Waals surface area contributed by atoms with Crippen LogP contribution in [0.5, 0.6) is 0 Å². The first-order chi connectivity index (χ1) is 12.1. The van der Waals surface area contributed by atoms with Crippen LogP contribution < -0.4 is 10.2 Å². The quantitative estimate of drug-likeness (QED) is 0.681. The number of hydrogen-bond donors (Lipinski definition) is 1. The van der Waals surface area contributed by atoms with E-state index in [1.807, 2.05) is 19.9 Å². The van der Waals surface area contributed by atoms with E-state index in [1.165, 1.54) is 19.3 Å². The van der Waals surface area contributed by atoms with Gasteiger partial charge in [-0.3, -0.25) is 10.1 Å². The van der Waals surface area contributed by atoms with Gasteiger partial charge >= 0.3 is 5.97 Å². The molecule has 0 amide bonds. The van der Waals surface area contributed by atoms with E-state index in [-0.39, 0.29) is 5.97 Å². The summed E-state index contributed by atoms with van der Waals surface area (Å²) in [4.78, 5) is 23.6. The van der Waals surface area contributed by atoms with Crippen LogP contribution in [0.25, 0.3) is 0 Å². The van der Waals surface area contributed by atoms with Crippen molar-refractivity contribution in [3.05, 3.63) is 17.5 Å². The molecule has 140 valence electrons. The highest BCUT2D eigenvalue weighted by Crippen LogP contribution is 2.16. The van der Waals surface area contributed by atoms with Gasteiger partial charge in [0.05, 0.1) is 12.3 Å². The zero-order valence-electron chi connectivity index (χ0n) is 15.6. The van der Waals surface area contributed by atoms with Crippen molar-refractivity contribution in [1.29, 1.82) is 0 Å². The fraction of sp³-hybridized carbons (Fsp3) is 0.722. The number of piperidine rings is 1. The SMILES string of the molecule is CCOC(=O)[C@@H](CCOC)NCc1cc(C)nc(N2CCCCC2)n1. The number of hydrogen-bond acceptors (Lipinski definition) is 7. The Bertz CT molecular complexity index is 547. The Labute approximate surface area is 150 Å². The third kappa shape index (κ3) is 6.25. The molecule has 1 fully saturated rings. The Kier molecular flexibility index (Phi) is 8.08. The molecule has 7 heteroatoms. The Balaban J connectivity index is 2.01. The number of carbonyl (C=O) groups excluding carboxylic acids is 1. The molecule has 0 bridgehead atoms. The van der Waals surface area contributed by atoms with Gasteiger partial charge in [-0.15, -0.1) is 0 Å². The molecule has 7 nitrogen and oxygen atoms in total. The normalized spacial score (nSPS) is 15.9. The maximum Gasteiger partial charge on any atom is 0.323 e. The molecule has 0 saturated carbocycles. The molecular formula is C18H30N4O3. The zero-order valence-corrected chi connectivity index (χ0v) is 15.6. The number of anilines is 1. The maximum absolute atomic E-state index is 12.1. The van der Waals surface area contributed by atoms with Gasteiger partial charge in [0.1, 0.15) is 6.04 Å². The van der Waals surface area contributed by atoms with Gasteiger partial charge in [0, 0.05) is 39.0 Å². The van der Waals surface area contributed by atoms with E-state index < -0.39 is 6.04 Å². The number of aromatic nitrogens is 2. The molecule has 1 saturated heterocycles. The van der Waals surface area contributed by atoms with Crippen molar-refractivity contribution in [1.82, 2.24) is 15.3 Å². The minimum Gasteiger partial charge on any atom is -0.465 e. The average molecular weight is 350 g/mol. The predicted molar refractivity (Wildman–Crippen MR) is 96.6 cm³/mol. The lowest BCUT2D eigenvalue weighted by atomic mass is 10.1. The monoisotopic (exact) mass is 350 g/mol. The van der Waals surface area contributed by atoms with Gasteiger partial charge in [0.2, 0.25) is 5.95 Å². The third-order valence-electron chi connectivity index (χ3n) is 4.25. The lowest BCUT2D eigenvalue weighted by Crippen LogP contribution is -2.39. The number of ether oxygens (including phenoxy) is 2. The predicted octanol–water partition coefficient (Wildman–Crippen LogP) is 1.83. The van der Waals surface area contributed by atoms with Crippen molar-refractivity contribution in [2.45, 2.75) is 52.1 Å². The van der Waals surface area contributed by atoms with Crippen LogP contribution >= 0.6 is 0 Å². The second-order valence-electron chi connectivity index (χ2n) is 6.32. The van der Waals surface area contributed by atoms with Gasteiger partial charge in [-0.25, -0.2) is 9.97 Å². The van der Waals surface area contributed by atoms with Crippen molar-refractivity contribution in [2.75, 3.05) is 38.3 Å². The van der Waals surface area contributed by atoms with E-state index in [0.717, 1.165) is 30.4 Å². The molecule has 1 N–H and O–H groups in total. The molecule has 25 heavy (non-hydrogen) atoms. The second kappa shape index (κ2) is 10.3. The molecule has 1 atom stereocenters. The summed E-state index contributed by atoms with van der Waals surface area (Å²) in [6.07, 6.45) is 4.22. The molecule has 0 unspecified atom stereocenters. The first kappa shape index (κ1) is 19.6. The minimum absolute atomic E-state index is 0.249. The lowest BCUT2D eigenvalue weighted by molar-refractivity contribution is -0.146. The highest BCUT2D eigenvalue weighted by molar-refractivity contribution is 5.75. The number of rotatable bonds is 9. The number of methoxy groups -OCH3 is 1. The van der Waals surface area contributed by atoms with E-state index in [0.29, 0.717) is 26.2 Å². The molecular weight excluding hydrogens is 320 g/mol. The van der Waals surface area contributed by atoms with Crippen molar-refractivity contribution >= 4 is 11.9 Å². The Morgan fingerprint density at radius 3 is 2.76 bits per heavy atom. The first-order valence-corrected chi connectivity index (χ1v) is 9.12. The number of nitrogens with zero attached hydrogens (tertiary/aromatic N) is 3. The van der Waals surface area contributed by atoms with Gasteiger partial charge in [0.15, 0.2) is 0 Å². The van der Waals surface area contributed by atoms with Gasteiger partial charge in [-0.05, 0) is 45.6 Å². The van der Waals surface area contributed by atoms with Gasteiger partial charge in [-0.2, -0.15) is 0 Å². The summed E-state index contributed by atoms with van der Waals surface area (Å²) in [5.74, 6) is 0.544. The van der Waals surface area contributed by atoms with E-state index in [1.54, 1.807) is 7.11 Å². The van der Waals surface area contributed by atoms with Crippen LogP contribution in [-0.2, 0) is 20.8 Å². The minimum atomic E-state index is -0.395. The van der Waals surface area contributed by atoms with Crippen molar-refractivity contribution < 1.29 is 14.3 Å². The van der Waals surface area contributed by atoms with Crippen LogP contribution in [0.4, 0.5) is 5.95 Å². The molecule has 1 aromatic rings. The van der Waals surface area contributed by atoms with E-state index in [4.69, 9.17) is 9.47 Å². The Morgan fingerprint density at radius 1 is 1.32 bits per heavy atom. The van der Waals surface area contributed by atoms with E-state index >= 15 is 0 Å². The fourth-order valence-electron chi connectivity index (χ4n) is 2.95. The summed E-state index contributed by atoms with van der Waals surface area (Å²) in [7, 11) is 1.63. The summed E-state index contributed by atoms with van der Waals surface area (Å²) in [6.45, 7) is 7.17. The van der Waals surface area contributed by atoms with Gasteiger partial charge in [-0.1, -0.05) is 0 Å². The average Bonchev–Trinajstić information content (AvgIpc) is 2.62. The standard InChI is InChI=1S/C18H30N4O3/c1-4-25-17(23)16(8-11-24-3)19-13-15-12-14(2)20-18(21-15)22-9-6-5-7-10-22/h12,16,19H,4-11,13H2,1-3H3/t16-/m1/s1. The number of carbonyl (C=O) groups is 1. The lowest BCUT2D eigenvalue weighted by Gasteiger charge is -2.27. The van der Waals surface area contributed by atoms with Crippen LogP contribution in [0.15, 0.2) is 6.07 Å². The fourth-order valence-corrected chi connectivity index (χ4v) is 2.95. The molecule has 0 aliphatic carbocycles. The molecule has 1 aromatic heterocycles. The molecule has 1 aliphatic heterocycles. The highest BCUT2D eigenvalue weighted by atomic mass is 16.5.